The van der Waals surface area contributed by atoms with Crippen molar-refractivity contribution < 1.29 is 0 Å². The number of hydrogen-bond acceptors (Lipinski definition) is 3. The Hall–Kier alpha value is -1.52. The third-order valence-corrected chi connectivity index (χ3v) is 3.30. The summed E-state index contributed by atoms with van der Waals surface area (Å²) in [5.74, 6) is 0.839. The number of nitrogens with two attached hydrogens (primary N) is 1. The van der Waals surface area contributed by atoms with Gasteiger partial charge in [-0.3, -0.25) is 0 Å². The van der Waals surface area contributed by atoms with E-state index in [2.05, 4.69) is 22.0 Å². The number of nitrogens with zero attached hydrogens (tertiary/aromatic N) is 3. The quantitative estimate of drug-likeness (QED) is 0.925. The molecule has 0 radical (unpaired) electrons. The van der Waals surface area contributed by atoms with Crippen LogP contribution in [0.2, 0.25) is 5.15 Å². The molecular weight excluding hydrogens is 248 g/mol. The molecule has 1 aromatic heterocycles. The van der Waals surface area contributed by atoms with Crippen LogP contribution in [0.1, 0.15) is 5.69 Å². The van der Waals surface area contributed by atoms with E-state index in [1.54, 1.807) is 0 Å². The van der Waals surface area contributed by atoms with Crippen LogP contribution >= 0.6 is 11.6 Å². The highest BCUT2D eigenvalue weighted by Gasteiger charge is 2.13. The summed E-state index contributed by atoms with van der Waals surface area (Å²) in [7, 11) is 5.95. The Balaban J connectivity index is 2.43. The van der Waals surface area contributed by atoms with Crippen LogP contribution in [0, 0.1) is 0 Å². The monoisotopic (exact) mass is 264 g/mol. The minimum Gasteiger partial charge on any atom is -0.378 e. The largest absolute Gasteiger partial charge is 0.378 e. The maximum absolute atomic E-state index is 6.06. The first kappa shape index (κ1) is 12.9. The molecule has 0 atom stereocenters. The molecule has 5 heteroatoms. The number of hydrogen-bond donors (Lipinski definition) is 1. The summed E-state index contributed by atoms with van der Waals surface area (Å²) in [6.45, 7) is 0.387. The van der Waals surface area contributed by atoms with Gasteiger partial charge in [-0.2, -0.15) is 0 Å². The second-order valence-electron chi connectivity index (χ2n) is 4.38. The summed E-state index contributed by atoms with van der Waals surface area (Å²) in [5, 5.41) is 0.478. The molecular formula is C13H17ClN4. The maximum Gasteiger partial charge on any atom is 0.152 e. The van der Waals surface area contributed by atoms with Crippen molar-refractivity contribution in [3.8, 4) is 11.4 Å². The van der Waals surface area contributed by atoms with Gasteiger partial charge in [0.15, 0.2) is 5.15 Å². The van der Waals surface area contributed by atoms with Gasteiger partial charge in [0.05, 0.1) is 5.69 Å². The first-order valence-electron chi connectivity index (χ1n) is 5.73. The Morgan fingerprint density at radius 3 is 2.33 bits per heavy atom. The van der Waals surface area contributed by atoms with E-state index in [4.69, 9.17) is 17.3 Å². The smallest absolute Gasteiger partial charge is 0.152 e. The Kier molecular flexibility index (Phi) is 3.59. The van der Waals surface area contributed by atoms with E-state index in [1.807, 2.05) is 37.8 Å². The first-order chi connectivity index (χ1) is 8.54. The zero-order valence-corrected chi connectivity index (χ0v) is 11.6. The molecule has 1 aromatic carbocycles. The minimum atomic E-state index is 0.387. The predicted molar refractivity (Wildman–Crippen MR) is 75.9 cm³/mol. The molecule has 2 N–H and O–H groups in total. The SMILES string of the molecule is CN(C)c1ccc(-c2nc(Cl)c(CN)n2C)cc1. The van der Waals surface area contributed by atoms with E-state index in [9.17, 15) is 0 Å². The summed E-state index contributed by atoms with van der Waals surface area (Å²) < 4.78 is 1.94. The Labute approximate surface area is 112 Å². The van der Waals surface area contributed by atoms with E-state index >= 15 is 0 Å². The van der Waals surface area contributed by atoms with Crippen molar-refractivity contribution in [2.45, 2.75) is 6.54 Å². The molecule has 0 saturated heterocycles. The number of rotatable bonds is 3. The topological polar surface area (TPSA) is 47.1 Å². The molecule has 0 saturated carbocycles. The number of halogens is 1. The van der Waals surface area contributed by atoms with Gasteiger partial charge in [0.2, 0.25) is 0 Å². The van der Waals surface area contributed by atoms with Crippen LogP contribution in [0.5, 0.6) is 0 Å². The molecule has 4 nitrogen and oxygen atoms in total. The van der Waals surface area contributed by atoms with E-state index in [1.165, 1.54) is 0 Å². The molecule has 0 aliphatic heterocycles. The lowest BCUT2D eigenvalue weighted by atomic mass is 10.2. The van der Waals surface area contributed by atoms with Gasteiger partial charge >= 0.3 is 0 Å². The molecule has 0 bridgehead atoms. The second-order valence-corrected chi connectivity index (χ2v) is 4.74. The molecule has 0 aliphatic carbocycles. The van der Waals surface area contributed by atoms with Gasteiger partial charge < -0.3 is 15.2 Å². The summed E-state index contributed by atoms with van der Waals surface area (Å²) in [4.78, 5) is 6.42. The Morgan fingerprint density at radius 2 is 1.89 bits per heavy atom. The molecule has 2 aromatic rings. The third kappa shape index (κ3) is 2.21. The van der Waals surface area contributed by atoms with Crippen LogP contribution in [0.25, 0.3) is 11.4 Å². The van der Waals surface area contributed by atoms with Crippen LogP contribution in [0.4, 0.5) is 5.69 Å². The molecule has 18 heavy (non-hydrogen) atoms. The first-order valence-corrected chi connectivity index (χ1v) is 6.11. The lowest BCUT2D eigenvalue weighted by molar-refractivity contribution is 0.828. The number of aromatic nitrogens is 2. The highest BCUT2D eigenvalue weighted by molar-refractivity contribution is 6.30. The van der Waals surface area contributed by atoms with Crippen LogP contribution in [-0.4, -0.2) is 23.6 Å². The van der Waals surface area contributed by atoms with Crippen LogP contribution < -0.4 is 10.6 Å². The van der Waals surface area contributed by atoms with Crippen molar-refractivity contribution in [1.29, 1.82) is 0 Å². The maximum atomic E-state index is 6.06. The molecule has 0 unspecified atom stereocenters. The predicted octanol–water partition coefficient (Wildman–Crippen LogP) is 2.27. The van der Waals surface area contributed by atoms with Gasteiger partial charge in [0.1, 0.15) is 5.82 Å². The van der Waals surface area contributed by atoms with Crippen molar-refractivity contribution in [3.63, 3.8) is 0 Å². The molecule has 0 spiro atoms. The molecule has 0 aliphatic rings. The zero-order chi connectivity index (χ0) is 13.3. The van der Waals surface area contributed by atoms with E-state index in [0.29, 0.717) is 11.7 Å². The second kappa shape index (κ2) is 5.00. The molecule has 1 heterocycles. The van der Waals surface area contributed by atoms with E-state index < -0.39 is 0 Å². The Morgan fingerprint density at radius 1 is 1.28 bits per heavy atom. The van der Waals surface area contributed by atoms with Crippen molar-refractivity contribution in [2.75, 3.05) is 19.0 Å². The Bertz CT molecular complexity index is 543. The molecule has 0 fully saturated rings. The number of imidazole rings is 1. The van der Waals surface area contributed by atoms with Crippen molar-refractivity contribution in [1.82, 2.24) is 9.55 Å². The summed E-state index contributed by atoms with van der Waals surface area (Å²) in [5.41, 5.74) is 8.69. The van der Waals surface area contributed by atoms with E-state index in [-0.39, 0.29) is 0 Å². The van der Waals surface area contributed by atoms with Gasteiger partial charge in [-0.05, 0) is 24.3 Å². The fraction of sp³-hybridized carbons (Fsp3) is 0.308. The molecule has 2 rings (SSSR count). The summed E-state index contributed by atoms with van der Waals surface area (Å²) in [6, 6.07) is 8.18. The molecule has 0 amide bonds. The fourth-order valence-corrected chi connectivity index (χ4v) is 2.17. The summed E-state index contributed by atoms with van der Waals surface area (Å²) in [6.07, 6.45) is 0. The van der Waals surface area contributed by atoms with Crippen molar-refractivity contribution >= 4 is 17.3 Å². The normalized spacial score (nSPS) is 10.7. The lowest BCUT2D eigenvalue weighted by Crippen LogP contribution is -2.08. The number of benzene rings is 1. The van der Waals surface area contributed by atoms with E-state index in [0.717, 1.165) is 22.8 Å². The number of anilines is 1. The average molecular weight is 265 g/mol. The van der Waals surface area contributed by atoms with Gasteiger partial charge in [-0.25, -0.2) is 4.98 Å². The standard InChI is InChI=1S/C13H17ClN4/c1-17(2)10-6-4-9(5-7-10)13-16-12(14)11(8-15)18(13)3/h4-7H,8,15H2,1-3H3. The third-order valence-electron chi connectivity index (χ3n) is 3.00. The minimum absolute atomic E-state index is 0.387. The van der Waals surface area contributed by atoms with Crippen LogP contribution in [0.3, 0.4) is 0 Å². The van der Waals surface area contributed by atoms with Crippen LogP contribution in [0.15, 0.2) is 24.3 Å². The lowest BCUT2D eigenvalue weighted by Gasteiger charge is -2.12. The van der Waals surface area contributed by atoms with Crippen LogP contribution in [-0.2, 0) is 13.6 Å². The van der Waals surface area contributed by atoms with Gasteiger partial charge in [-0.15, -0.1) is 0 Å². The highest BCUT2D eigenvalue weighted by Crippen LogP contribution is 2.25. The zero-order valence-electron chi connectivity index (χ0n) is 10.8. The van der Waals surface area contributed by atoms with Crippen molar-refractivity contribution in [3.05, 3.63) is 35.1 Å². The van der Waals surface area contributed by atoms with Gasteiger partial charge in [-0.1, -0.05) is 11.6 Å². The molecule has 96 valence electrons. The average Bonchev–Trinajstić information content (AvgIpc) is 2.64. The van der Waals surface area contributed by atoms with Crippen molar-refractivity contribution in [2.24, 2.45) is 12.8 Å². The van der Waals surface area contributed by atoms with Gasteiger partial charge in [0, 0.05) is 38.9 Å². The van der Waals surface area contributed by atoms with Gasteiger partial charge in [0.25, 0.3) is 0 Å². The summed E-state index contributed by atoms with van der Waals surface area (Å²) >= 11 is 6.06. The fourth-order valence-electron chi connectivity index (χ4n) is 1.89. The highest BCUT2D eigenvalue weighted by atomic mass is 35.5.